The Hall–Kier alpha value is -3.41. The van der Waals surface area contributed by atoms with E-state index in [1.165, 1.54) is 11.9 Å². The first-order valence-electron chi connectivity index (χ1n) is 8.46. The minimum atomic E-state index is 0.564. The number of aryl methyl sites for hydroxylation is 1. The van der Waals surface area contributed by atoms with Gasteiger partial charge in [0.1, 0.15) is 17.7 Å². The van der Waals surface area contributed by atoms with Crippen molar-refractivity contribution in [3.8, 4) is 11.6 Å². The molecular weight excluding hydrogens is 326 g/mol. The van der Waals surface area contributed by atoms with Crippen LogP contribution < -0.4 is 10.1 Å². The second kappa shape index (κ2) is 7.23. The molecule has 0 saturated heterocycles. The number of benzene rings is 1. The van der Waals surface area contributed by atoms with Crippen molar-refractivity contribution >= 4 is 16.7 Å². The van der Waals surface area contributed by atoms with Crippen LogP contribution in [0.2, 0.25) is 0 Å². The summed E-state index contributed by atoms with van der Waals surface area (Å²) in [5.41, 5.74) is 3.17. The molecule has 0 aliphatic carbocycles. The Bertz CT molecular complexity index is 996. The minimum Gasteiger partial charge on any atom is -0.438 e. The predicted octanol–water partition coefficient (Wildman–Crippen LogP) is 3.81. The molecule has 0 aliphatic rings. The summed E-state index contributed by atoms with van der Waals surface area (Å²) in [7, 11) is 1.95. The van der Waals surface area contributed by atoms with Gasteiger partial charge in [-0.2, -0.15) is 0 Å². The highest BCUT2D eigenvalue weighted by atomic mass is 16.5. The normalized spacial score (nSPS) is 10.8. The lowest BCUT2D eigenvalue weighted by Gasteiger charge is -2.09. The average molecular weight is 345 g/mol. The Labute approximate surface area is 151 Å². The number of anilines is 1. The topological polar surface area (TPSA) is 64.9 Å². The first-order valence-corrected chi connectivity index (χ1v) is 8.46. The zero-order valence-corrected chi connectivity index (χ0v) is 14.5. The Kier molecular flexibility index (Phi) is 4.47. The summed E-state index contributed by atoms with van der Waals surface area (Å²) in [5.74, 6) is 1.31. The van der Waals surface area contributed by atoms with Gasteiger partial charge >= 0.3 is 0 Å². The van der Waals surface area contributed by atoms with Crippen molar-refractivity contribution in [3.05, 3.63) is 72.9 Å². The van der Waals surface area contributed by atoms with E-state index >= 15 is 0 Å². The SMILES string of the molecule is Cn1ccc2c(Oc3ccc(NCCc4ccncc4)cc3)ncnc21. The van der Waals surface area contributed by atoms with Gasteiger partial charge in [-0.25, -0.2) is 9.97 Å². The van der Waals surface area contributed by atoms with E-state index in [0.29, 0.717) is 5.88 Å². The van der Waals surface area contributed by atoms with Crippen LogP contribution in [0.1, 0.15) is 5.56 Å². The van der Waals surface area contributed by atoms with Crippen molar-refractivity contribution in [2.45, 2.75) is 6.42 Å². The molecule has 0 bridgehead atoms. The molecule has 3 aromatic heterocycles. The largest absolute Gasteiger partial charge is 0.438 e. The van der Waals surface area contributed by atoms with Crippen LogP contribution in [0.15, 0.2) is 67.4 Å². The number of nitrogens with zero attached hydrogens (tertiary/aromatic N) is 4. The molecule has 0 fully saturated rings. The van der Waals surface area contributed by atoms with Crippen LogP contribution in [0.4, 0.5) is 5.69 Å². The summed E-state index contributed by atoms with van der Waals surface area (Å²) in [5, 5.41) is 4.31. The van der Waals surface area contributed by atoms with E-state index in [4.69, 9.17) is 4.74 Å². The van der Waals surface area contributed by atoms with Crippen molar-refractivity contribution in [2.24, 2.45) is 7.05 Å². The van der Waals surface area contributed by atoms with Gasteiger partial charge in [-0.3, -0.25) is 4.98 Å². The van der Waals surface area contributed by atoms with Crippen LogP contribution in [-0.2, 0) is 13.5 Å². The molecule has 0 radical (unpaired) electrons. The first kappa shape index (κ1) is 16.1. The summed E-state index contributed by atoms with van der Waals surface area (Å²) < 4.78 is 7.88. The molecule has 4 aromatic rings. The lowest BCUT2D eigenvalue weighted by Crippen LogP contribution is -2.04. The number of ether oxygens (including phenoxy) is 1. The van der Waals surface area contributed by atoms with Gasteiger partial charge in [0, 0.05) is 37.9 Å². The molecule has 3 heterocycles. The van der Waals surface area contributed by atoms with Crippen LogP contribution >= 0.6 is 0 Å². The summed E-state index contributed by atoms with van der Waals surface area (Å²) >= 11 is 0. The number of pyridine rings is 1. The van der Waals surface area contributed by atoms with Crippen LogP contribution in [0.5, 0.6) is 11.6 Å². The first-order chi connectivity index (χ1) is 12.8. The third-order valence-corrected chi connectivity index (χ3v) is 4.19. The van der Waals surface area contributed by atoms with Gasteiger partial charge in [-0.15, -0.1) is 0 Å². The molecule has 130 valence electrons. The lowest BCUT2D eigenvalue weighted by atomic mass is 10.2. The van der Waals surface area contributed by atoms with Crippen LogP contribution in [0.25, 0.3) is 11.0 Å². The third-order valence-electron chi connectivity index (χ3n) is 4.19. The van der Waals surface area contributed by atoms with Crippen molar-refractivity contribution in [1.29, 1.82) is 0 Å². The molecule has 26 heavy (non-hydrogen) atoms. The van der Waals surface area contributed by atoms with E-state index in [-0.39, 0.29) is 0 Å². The number of fused-ring (bicyclic) bond motifs is 1. The van der Waals surface area contributed by atoms with Crippen molar-refractivity contribution in [1.82, 2.24) is 19.5 Å². The fourth-order valence-corrected chi connectivity index (χ4v) is 2.79. The van der Waals surface area contributed by atoms with Gasteiger partial charge in [-0.1, -0.05) is 0 Å². The molecule has 0 unspecified atom stereocenters. The fraction of sp³-hybridized carbons (Fsp3) is 0.150. The Balaban J connectivity index is 1.39. The Morgan fingerprint density at radius 1 is 1.00 bits per heavy atom. The summed E-state index contributed by atoms with van der Waals surface area (Å²) in [6, 6.07) is 13.9. The maximum atomic E-state index is 5.93. The summed E-state index contributed by atoms with van der Waals surface area (Å²) in [6.07, 6.45) is 8.05. The second-order valence-electron chi connectivity index (χ2n) is 6.00. The number of rotatable bonds is 6. The molecule has 4 rings (SSSR count). The molecule has 1 N–H and O–H groups in total. The standard InChI is InChI=1S/C20H19N5O/c1-25-13-9-18-19(25)23-14-24-20(18)26-17-4-2-16(3-5-17)22-12-8-15-6-10-21-11-7-15/h2-7,9-11,13-14,22H,8,12H2,1H3. The van der Waals surface area contributed by atoms with Crippen molar-refractivity contribution < 1.29 is 4.74 Å². The quantitative estimate of drug-likeness (QED) is 0.576. The lowest BCUT2D eigenvalue weighted by molar-refractivity contribution is 0.468. The van der Waals surface area contributed by atoms with Gasteiger partial charge < -0.3 is 14.6 Å². The fourth-order valence-electron chi connectivity index (χ4n) is 2.79. The van der Waals surface area contributed by atoms with Gasteiger partial charge in [0.05, 0.1) is 5.39 Å². The number of nitrogens with one attached hydrogen (secondary N) is 1. The smallest absolute Gasteiger partial charge is 0.231 e. The van der Waals surface area contributed by atoms with E-state index in [9.17, 15) is 0 Å². The maximum Gasteiger partial charge on any atom is 0.231 e. The minimum absolute atomic E-state index is 0.564. The van der Waals surface area contributed by atoms with Gasteiger partial charge in [0.15, 0.2) is 0 Å². The van der Waals surface area contributed by atoms with Crippen LogP contribution in [-0.4, -0.2) is 26.1 Å². The van der Waals surface area contributed by atoms with Crippen molar-refractivity contribution in [3.63, 3.8) is 0 Å². The molecular formula is C20H19N5O. The zero-order valence-electron chi connectivity index (χ0n) is 14.5. The van der Waals surface area contributed by atoms with Crippen molar-refractivity contribution in [2.75, 3.05) is 11.9 Å². The third kappa shape index (κ3) is 3.49. The van der Waals surface area contributed by atoms with Crippen LogP contribution in [0, 0.1) is 0 Å². The average Bonchev–Trinajstić information content (AvgIpc) is 3.06. The predicted molar refractivity (Wildman–Crippen MR) is 101 cm³/mol. The van der Waals surface area contributed by atoms with E-state index in [0.717, 1.165) is 35.4 Å². The van der Waals surface area contributed by atoms with Gasteiger partial charge in [-0.05, 0) is 54.4 Å². The molecule has 0 saturated carbocycles. The highest BCUT2D eigenvalue weighted by molar-refractivity contribution is 5.81. The highest BCUT2D eigenvalue weighted by Gasteiger charge is 2.08. The summed E-state index contributed by atoms with van der Waals surface area (Å²) in [6.45, 7) is 0.862. The monoisotopic (exact) mass is 345 g/mol. The van der Waals surface area contributed by atoms with Gasteiger partial charge in [0.25, 0.3) is 0 Å². The molecule has 0 atom stereocenters. The molecule has 0 aliphatic heterocycles. The maximum absolute atomic E-state index is 5.93. The number of hydrogen-bond donors (Lipinski definition) is 1. The molecule has 0 spiro atoms. The summed E-state index contributed by atoms with van der Waals surface area (Å²) in [4.78, 5) is 12.6. The molecule has 6 nitrogen and oxygen atoms in total. The van der Waals surface area contributed by atoms with Crippen LogP contribution in [0.3, 0.4) is 0 Å². The Morgan fingerprint density at radius 2 is 1.81 bits per heavy atom. The molecule has 0 amide bonds. The Morgan fingerprint density at radius 3 is 2.62 bits per heavy atom. The number of aromatic nitrogens is 4. The zero-order chi connectivity index (χ0) is 17.8. The van der Waals surface area contributed by atoms with E-state index in [1.807, 2.05) is 72.7 Å². The van der Waals surface area contributed by atoms with E-state index in [2.05, 4.69) is 20.3 Å². The number of hydrogen-bond acceptors (Lipinski definition) is 5. The highest BCUT2D eigenvalue weighted by Crippen LogP contribution is 2.27. The van der Waals surface area contributed by atoms with E-state index in [1.54, 1.807) is 0 Å². The second-order valence-corrected chi connectivity index (χ2v) is 6.00. The van der Waals surface area contributed by atoms with Gasteiger partial charge in [0.2, 0.25) is 5.88 Å². The van der Waals surface area contributed by atoms with E-state index < -0.39 is 0 Å². The molecule has 1 aromatic carbocycles. The molecule has 6 heteroatoms.